The number of aromatic nitrogens is 3. The van der Waals surface area contributed by atoms with Crippen LogP contribution in [0.5, 0.6) is 0 Å². The molecule has 0 aliphatic carbocycles. The first-order chi connectivity index (χ1) is 15.7. The smallest absolute Gasteiger partial charge is 0.305 e. The van der Waals surface area contributed by atoms with Crippen molar-refractivity contribution >= 4 is 47.3 Å². The Kier molecular flexibility index (Phi) is 9.28. The largest absolute Gasteiger partial charge is 0.463 e. The minimum Gasteiger partial charge on any atom is -0.463 e. The lowest BCUT2D eigenvalue weighted by Gasteiger charge is -2.24. The van der Waals surface area contributed by atoms with Gasteiger partial charge in [0.15, 0.2) is 0 Å². The number of rotatable bonds is 5. The highest BCUT2D eigenvalue weighted by Gasteiger charge is 2.44. The maximum atomic E-state index is 13.3. The molecule has 1 aliphatic heterocycles. The Bertz CT molecular complexity index is 1120. The number of fused-ring (bicyclic) bond motifs is 1. The summed E-state index contributed by atoms with van der Waals surface area (Å²) in [6.45, 7) is 2.13. The van der Waals surface area contributed by atoms with Gasteiger partial charge in [-0.2, -0.15) is 15.0 Å². The lowest BCUT2D eigenvalue weighted by Crippen LogP contribution is -2.31. The van der Waals surface area contributed by atoms with Crippen LogP contribution in [0.25, 0.3) is 10.8 Å². The van der Waals surface area contributed by atoms with Gasteiger partial charge < -0.3 is 37.7 Å². The molecule has 184 valence electrons. The molecule has 1 saturated heterocycles. The van der Waals surface area contributed by atoms with Gasteiger partial charge in [0.1, 0.15) is 12.7 Å². The molecule has 0 radical (unpaired) electrons. The number of carbonyl (C=O) groups is 1. The Labute approximate surface area is 196 Å². The van der Waals surface area contributed by atoms with Gasteiger partial charge in [-0.1, -0.05) is 43.3 Å². The second kappa shape index (κ2) is 11.7. The Balaban J connectivity index is 0.000000345. The number of carbonyl (C=O) groups excluding carboxylic acids is 1. The number of nitrogens with two attached hydrogens (primary N) is 3. The monoisotopic (exact) mass is 491 g/mol. The van der Waals surface area contributed by atoms with Crippen LogP contribution in [0.2, 0.25) is 0 Å². The molecule has 0 bridgehead atoms. The topological polar surface area (TPSA) is 225 Å². The molecule has 10 N–H and O–H groups in total. The Morgan fingerprint density at radius 2 is 1.68 bits per heavy atom. The van der Waals surface area contributed by atoms with Crippen molar-refractivity contribution in [2.45, 2.75) is 31.5 Å². The molecule has 3 atom stereocenters. The Morgan fingerprint density at radius 3 is 2.29 bits per heavy atom. The minimum atomic E-state index is -3.68. The zero-order valence-electron chi connectivity index (χ0n) is 18.8. The van der Waals surface area contributed by atoms with Crippen LogP contribution in [0.1, 0.15) is 19.8 Å². The highest BCUT2D eigenvalue weighted by molar-refractivity contribution is 7.67. The van der Waals surface area contributed by atoms with E-state index in [2.05, 4.69) is 15.0 Å². The first kappa shape index (κ1) is 26.9. The van der Waals surface area contributed by atoms with Crippen LogP contribution < -0.4 is 28.7 Å². The number of hydrogen-bond donors (Lipinski definition) is 5. The van der Waals surface area contributed by atoms with E-state index < -0.39 is 19.1 Å². The van der Waals surface area contributed by atoms with E-state index >= 15 is 0 Å². The van der Waals surface area contributed by atoms with Crippen LogP contribution in [0.15, 0.2) is 42.5 Å². The first-order valence-corrected chi connectivity index (χ1v) is 12.1. The SMILES string of the molecule is CCC(=O)OCC1OCCC1P(=O)(O)c1cccc2ccccc12.N.Nc1nc(N)nc(N)n1. The molecule has 3 unspecified atom stereocenters. The second-order valence-corrected chi connectivity index (χ2v) is 9.72. The van der Waals surface area contributed by atoms with Crippen molar-refractivity contribution in [1.29, 1.82) is 0 Å². The summed E-state index contributed by atoms with van der Waals surface area (Å²) in [6, 6.07) is 13.0. The summed E-state index contributed by atoms with van der Waals surface area (Å²) in [7, 11) is -3.68. The van der Waals surface area contributed by atoms with Gasteiger partial charge in [0, 0.05) is 18.3 Å². The van der Waals surface area contributed by atoms with Gasteiger partial charge >= 0.3 is 5.97 Å². The van der Waals surface area contributed by atoms with Crippen LogP contribution in [-0.4, -0.2) is 50.8 Å². The summed E-state index contributed by atoms with van der Waals surface area (Å²) >= 11 is 0. The standard InChI is InChI=1S/C18H21O5P.C3H6N6.H3N/c1-2-18(19)23-12-15-17(10-11-22-15)24(20,21)16-9-5-7-13-6-3-4-8-14(13)16;4-1-7-2(5)9-3(6)8-1;/h3-9,15,17H,2,10-12H2,1H3,(H,20,21);(H6,4,5,6,7,8,9);1H3. The van der Waals surface area contributed by atoms with E-state index in [4.69, 9.17) is 26.7 Å². The van der Waals surface area contributed by atoms with Crippen LogP contribution >= 0.6 is 7.37 Å². The van der Waals surface area contributed by atoms with Crippen molar-refractivity contribution in [2.75, 3.05) is 30.4 Å². The molecule has 34 heavy (non-hydrogen) atoms. The molecule has 2 heterocycles. The van der Waals surface area contributed by atoms with Crippen LogP contribution in [0.4, 0.5) is 17.8 Å². The highest BCUT2D eigenvalue weighted by Crippen LogP contribution is 2.52. The number of benzene rings is 2. The van der Waals surface area contributed by atoms with E-state index in [0.717, 1.165) is 10.8 Å². The van der Waals surface area contributed by atoms with E-state index in [1.807, 2.05) is 30.3 Å². The third-order valence-electron chi connectivity index (χ3n) is 5.12. The lowest BCUT2D eigenvalue weighted by atomic mass is 10.1. The molecule has 3 aromatic rings. The lowest BCUT2D eigenvalue weighted by molar-refractivity contribution is -0.146. The zero-order valence-corrected chi connectivity index (χ0v) is 19.7. The van der Waals surface area contributed by atoms with Gasteiger partial charge in [-0.15, -0.1) is 0 Å². The maximum Gasteiger partial charge on any atom is 0.305 e. The van der Waals surface area contributed by atoms with E-state index in [1.165, 1.54) is 0 Å². The molecule has 1 fully saturated rings. The number of anilines is 3. The maximum absolute atomic E-state index is 13.3. The number of nitrogens with zero attached hydrogens (tertiary/aromatic N) is 3. The predicted molar refractivity (Wildman–Crippen MR) is 131 cm³/mol. The molecule has 0 saturated carbocycles. The molecule has 0 amide bonds. The third kappa shape index (κ3) is 6.39. The Morgan fingerprint density at radius 1 is 1.09 bits per heavy atom. The molecule has 1 aromatic heterocycles. The molecule has 12 nitrogen and oxygen atoms in total. The van der Waals surface area contributed by atoms with E-state index in [-0.39, 0.29) is 43.0 Å². The molecular weight excluding hydrogens is 461 g/mol. The zero-order chi connectivity index (χ0) is 24.0. The first-order valence-electron chi connectivity index (χ1n) is 10.3. The Hall–Kier alpha value is -3.31. The fourth-order valence-corrected chi connectivity index (χ4v) is 5.85. The average molecular weight is 491 g/mol. The van der Waals surface area contributed by atoms with Crippen molar-refractivity contribution < 1.29 is 23.7 Å². The van der Waals surface area contributed by atoms with E-state index in [0.29, 0.717) is 18.3 Å². The van der Waals surface area contributed by atoms with Gasteiger partial charge in [0.05, 0.1) is 5.66 Å². The van der Waals surface area contributed by atoms with E-state index in [9.17, 15) is 14.3 Å². The van der Waals surface area contributed by atoms with Crippen molar-refractivity contribution in [3.8, 4) is 0 Å². The average Bonchev–Trinajstić information content (AvgIpc) is 3.26. The van der Waals surface area contributed by atoms with Gasteiger partial charge in [0.2, 0.25) is 25.2 Å². The van der Waals surface area contributed by atoms with Gasteiger partial charge in [-0.05, 0) is 23.3 Å². The molecule has 0 spiro atoms. The van der Waals surface area contributed by atoms with Crippen LogP contribution in [-0.2, 0) is 18.8 Å². The molecule has 1 aliphatic rings. The number of ether oxygens (including phenoxy) is 2. The third-order valence-corrected chi connectivity index (χ3v) is 7.69. The summed E-state index contributed by atoms with van der Waals surface area (Å²) in [5.74, 6) is -0.206. The summed E-state index contributed by atoms with van der Waals surface area (Å²) in [4.78, 5) is 32.7. The summed E-state index contributed by atoms with van der Waals surface area (Å²) in [5.41, 5.74) is 14.8. The molecule has 4 rings (SSSR count). The van der Waals surface area contributed by atoms with Gasteiger partial charge in [-0.25, -0.2) is 0 Å². The van der Waals surface area contributed by atoms with Crippen molar-refractivity contribution in [3.05, 3.63) is 42.5 Å². The quantitative estimate of drug-likeness (QED) is 0.253. The summed E-state index contributed by atoms with van der Waals surface area (Å²) in [5, 5.41) is 2.15. The molecule has 2 aromatic carbocycles. The van der Waals surface area contributed by atoms with Crippen molar-refractivity contribution in [3.63, 3.8) is 0 Å². The van der Waals surface area contributed by atoms with Gasteiger partial charge in [-0.3, -0.25) is 9.36 Å². The van der Waals surface area contributed by atoms with Gasteiger partial charge in [0.25, 0.3) is 0 Å². The number of hydrogen-bond acceptors (Lipinski definition) is 11. The fourth-order valence-electron chi connectivity index (χ4n) is 3.57. The second-order valence-electron chi connectivity index (χ2n) is 7.33. The predicted octanol–water partition coefficient (Wildman–Crippen LogP) is 1.63. The van der Waals surface area contributed by atoms with Crippen molar-refractivity contribution in [2.24, 2.45) is 0 Å². The molecule has 13 heteroatoms. The van der Waals surface area contributed by atoms with Crippen molar-refractivity contribution in [1.82, 2.24) is 21.1 Å². The number of esters is 1. The fraction of sp³-hybridized carbons (Fsp3) is 0.333. The van der Waals surface area contributed by atoms with Crippen LogP contribution in [0.3, 0.4) is 0 Å². The summed E-state index contributed by atoms with van der Waals surface area (Å²) in [6.07, 6.45) is 0.207. The summed E-state index contributed by atoms with van der Waals surface area (Å²) < 4.78 is 24.0. The molecular formula is C21H30N7O5P. The highest BCUT2D eigenvalue weighted by atomic mass is 31.2. The van der Waals surface area contributed by atoms with E-state index in [1.54, 1.807) is 19.1 Å². The normalized spacial score (nSPS) is 18.8. The minimum absolute atomic E-state index is 0. The van der Waals surface area contributed by atoms with Crippen LogP contribution in [0, 0.1) is 0 Å². The number of nitrogen functional groups attached to an aromatic ring is 3.